The molecule has 8 nitrogen and oxygen atoms in total. The smallest absolute Gasteiger partial charge is 0.272 e. The fourth-order valence-electron chi connectivity index (χ4n) is 3.19. The number of rotatable bonds is 7. The molecule has 1 amide bonds. The zero-order chi connectivity index (χ0) is 19.5. The topological polar surface area (TPSA) is 101 Å². The second kappa shape index (κ2) is 8.13. The summed E-state index contributed by atoms with van der Waals surface area (Å²) < 4.78 is 23.7. The summed E-state index contributed by atoms with van der Waals surface area (Å²) in [6.07, 6.45) is 1.16. The molecule has 1 heterocycles. The number of nitro benzene ring substituents is 1. The van der Waals surface area contributed by atoms with Crippen molar-refractivity contribution in [2.75, 3.05) is 38.7 Å². The Hall–Kier alpha value is -2.00. The fourth-order valence-corrected chi connectivity index (χ4v) is 4.92. The summed E-state index contributed by atoms with van der Waals surface area (Å²) in [5.74, 6) is -0.204. The Morgan fingerprint density at radius 1 is 1.31 bits per heavy atom. The van der Waals surface area contributed by atoms with Crippen LogP contribution in [0, 0.1) is 17.0 Å². The van der Waals surface area contributed by atoms with E-state index in [2.05, 4.69) is 0 Å². The molecule has 1 aliphatic rings. The van der Waals surface area contributed by atoms with Gasteiger partial charge in [-0.1, -0.05) is 0 Å². The molecule has 26 heavy (non-hydrogen) atoms. The summed E-state index contributed by atoms with van der Waals surface area (Å²) in [5.41, 5.74) is 0.722. The van der Waals surface area contributed by atoms with Crippen LogP contribution in [0.25, 0.3) is 0 Å². The molecule has 0 radical (unpaired) electrons. The third kappa shape index (κ3) is 5.01. The van der Waals surface area contributed by atoms with Gasteiger partial charge in [0, 0.05) is 29.8 Å². The van der Waals surface area contributed by atoms with Crippen molar-refractivity contribution in [1.82, 2.24) is 9.80 Å². The number of hydrogen-bond donors (Lipinski definition) is 0. The number of benzene rings is 1. The average Bonchev–Trinajstić information content (AvgIpc) is 2.90. The van der Waals surface area contributed by atoms with Gasteiger partial charge in [0.15, 0.2) is 9.84 Å². The number of amides is 1. The summed E-state index contributed by atoms with van der Waals surface area (Å²) in [6, 6.07) is 3.93. The van der Waals surface area contributed by atoms with Crippen molar-refractivity contribution in [2.45, 2.75) is 25.8 Å². The van der Waals surface area contributed by atoms with E-state index >= 15 is 0 Å². The number of carbonyl (C=O) groups is 1. The van der Waals surface area contributed by atoms with Crippen molar-refractivity contribution in [2.24, 2.45) is 0 Å². The van der Waals surface area contributed by atoms with Crippen molar-refractivity contribution < 1.29 is 18.1 Å². The van der Waals surface area contributed by atoms with Crippen LogP contribution in [-0.2, 0) is 9.84 Å². The Bertz CT molecular complexity index is 792. The third-order valence-corrected chi connectivity index (χ3v) is 6.31. The quantitative estimate of drug-likeness (QED) is 0.522. The molecule has 2 rings (SSSR count). The molecule has 1 unspecified atom stereocenters. The minimum Gasteiger partial charge on any atom is -0.335 e. The number of nitrogens with zero attached hydrogens (tertiary/aromatic N) is 3. The van der Waals surface area contributed by atoms with Crippen molar-refractivity contribution >= 4 is 21.4 Å². The predicted molar refractivity (Wildman–Crippen MR) is 99.1 cm³/mol. The Balaban J connectivity index is 2.24. The van der Waals surface area contributed by atoms with E-state index in [1.165, 1.54) is 18.2 Å². The van der Waals surface area contributed by atoms with Gasteiger partial charge in [0.05, 0.1) is 16.4 Å². The molecule has 1 atom stereocenters. The second-order valence-corrected chi connectivity index (χ2v) is 9.20. The highest BCUT2D eigenvalue weighted by Crippen LogP contribution is 2.23. The summed E-state index contributed by atoms with van der Waals surface area (Å²) >= 11 is 0. The van der Waals surface area contributed by atoms with Gasteiger partial charge in [-0.2, -0.15) is 0 Å². The Labute approximate surface area is 153 Å². The molecule has 1 saturated heterocycles. The van der Waals surface area contributed by atoms with E-state index in [0.29, 0.717) is 24.1 Å². The number of nitro groups is 1. The van der Waals surface area contributed by atoms with E-state index in [1.54, 1.807) is 11.8 Å². The van der Waals surface area contributed by atoms with Gasteiger partial charge < -0.3 is 9.80 Å². The van der Waals surface area contributed by atoms with Crippen LogP contribution >= 0.6 is 0 Å². The lowest BCUT2D eigenvalue weighted by atomic mass is 10.1. The maximum atomic E-state index is 13.0. The molecule has 0 aromatic heterocycles. The first kappa shape index (κ1) is 20.3. The molecule has 144 valence electrons. The first-order chi connectivity index (χ1) is 12.1. The van der Waals surface area contributed by atoms with Gasteiger partial charge in [0.2, 0.25) is 0 Å². The van der Waals surface area contributed by atoms with Crippen LogP contribution in [0.2, 0.25) is 0 Å². The van der Waals surface area contributed by atoms with E-state index in [1.807, 2.05) is 19.0 Å². The summed E-state index contributed by atoms with van der Waals surface area (Å²) in [6.45, 7) is 2.82. The Morgan fingerprint density at radius 2 is 2.00 bits per heavy atom. The molecule has 1 aliphatic heterocycles. The van der Waals surface area contributed by atoms with Crippen molar-refractivity contribution in [3.05, 3.63) is 39.4 Å². The van der Waals surface area contributed by atoms with Gasteiger partial charge in [-0.3, -0.25) is 14.9 Å². The monoisotopic (exact) mass is 383 g/mol. The SMILES string of the molecule is Cc1cc(C(=O)N(CCCN(C)C)C2CCS(=O)(=O)C2)ccc1[N+](=O)[O-]. The van der Waals surface area contributed by atoms with E-state index < -0.39 is 14.8 Å². The Kier molecular flexibility index (Phi) is 6.35. The molecule has 1 aromatic carbocycles. The number of hydrogen-bond acceptors (Lipinski definition) is 6. The minimum absolute atomic E-state index is 0.0212. The van der Waals surface area contributed by atoms with Gasteiger partial charge in [-0.25, -0.2) is 8.42 Å². The molecule has 0 saturated carbocycles. The van der Waals surface area contributed by atoms with Crippen molar-refractivity contribution in [3.8, 4) is 0 Å². The maximum absolute atomic E-state index is 13.0. The van der Waals surface area contributed by atoms with E-state index in [-0.39, 0.29) is 29.1 Å². The summed E-state index contributed by atoms with van der Waals surface area (Å²) in [7, 11) is 0.755. The molecule has 0 bridgehead atoms. The molecule has 9 heteroatoms. The van der Waals surface area contributed by atoms with Crippen LogP contribution in [0.3, 0.4) is 0 Å². The highest BCUT2D eigenvalue weighted by Gasteiger charge is 2.35. The van der Waals surface area contributed by atoms with E-state index in [4.69, 9.17) is 0 Å². The van der Waals surface area contributed by atoms with Gasteiger partial charge in [-0.15, -0.1) is 0 Å². The van der Waals surface area contributed by atoms with Crippen LogP contribution in [0.5, 0.6) is 0 Å². The lowest BCUT2D eigenvalue weighted by Crippen LogP contribution is -2.42. The summed E-state index contributed by atoms with van der Waals surface area (Å²) in [4.78, 5) is 27.1. The van der Waals surface area contributed by atoms with Gasteiger partial charge in [-0.05, 0) is 52.5 Å². The van der Waals surface area contributed by atoms with Gasteiger partial charge in [0.25, 0.3) is 11.6 Å². The minimum atomic E-state index is -3.12. The van der Waals surface area contributed by atoms with Crippen molar-refractivity contribution in [3.63, 3.8) is 0 Å². The zero-order valence-corrected chi connectivity index (χ0v) is 16.2. The normalized spacial score (nSPS) is 18.8. The van der Waals surface area contributed by atoms with Crippen molar-refractivity contribution in [1.29, 1.82) is 0 Å². The summed E-state index contributed by atoms with van der Waals surface area (Å²) in [5, 5.41) is 11.0. The fraction of sp³-hybridized carbons (Fsp3) is 0.588. The number of sulfone groups is 1. The first-order valence-corrected chi connectivity index (χ1v) is 10.3. The average molecular weight is 383 g/mol. The number of aryl methyl sites for hydroxylation is 1. The zero-order valence-electron chi connectivity index (χ0n) is 15.3. The highest BCUT2D eigenvalue weighted by atomic mass is 32.2. The molecular formula is C17H25N3O5S. The molecule has 0 spiro atoms. The van der Waals surface area contributed by atoms with Crippen LogP contribution in [0.1, 0.15) is 28.8 Å². The van der Waals surface area contributed by atoms with E-state index in [0.717, 1.165) is 13.0 Å². The highest BCUT2D eigenvalue weighted by molar-refractivity contribution is 7.91. The van der Waals surface area contributed by atoms with E-state index in [9.17, 15) is 23.3 Å². The molecule has 1 aromatic rings. The lowest BCUT2D eigenvalue weighted by molar-refractivity contribution is -0.385. The predicted octanol–water partition coefficient (Wildman–Crippen LogP) is 1.48. The standard InChI is InChI=1S/C17H25N3O5S/c1-13-11-14(5-6-16(13)20(22)23)17(21)19(9-4-8-18(2)3)15-7-10-26(24,25)12-15/h5-6,11,15H,4,7-10,12H2,1-3H3. The third-order valence-electron chi connectivity index (χ3n) is 4.55. The molecule has 0 aliphatic carbocycles. The maximum Gasteiger partial charge on any atom is 0.272 e. The van der Waals surface area contributed by atoms with Crippen LogP contribution in [-0.4, -0.2) is 73.8 Å². The van der Waals surface area contributed by atoms with Crippen LogP contribution < -0.4 is 0 Å². The van der Waals surface area contributed by atoms with Gasteiger partial charge in [0.1, 0.15) is 0 Å². The lowest BCUT2D eigenvalue weighted by Gasteiger charge is -2.29. The van der Waals surface area contributed by atoms with Crippen LogP contribution in [0.15, 0.2) is 18.2 Å². The van der Waals surface area contributed by atoms with Crippen LogP contribution in [0.4, 0.5) is 5.69 Å². The Morgan fingerprint density at radius 3 is 2.50 bits per heavy atom. The van der Waals surface area contributed by atoms with Gasteiger partial charge >= 0.3 is 0 Å². The number of carbonyl (C=O) groups excluding carboxylic acids is 1. The molecule has 1 fully saturated rings. The molecule has 0 N–H and O–H groups in total. The largest absolute Gasteiger partial charge is 0.335 e. The first-order valence-electron chi connectivity index (χ1n) is 8.52. The second-order valence-electron chi connectivity index (χ2n) is 6.97. The molecular weight excluding hydrogens is 358 g/mol.